The minimum atomic E-state index is 0. The first kappa shape index (κ1) is 24.7. The highest BCUT2D eigenvalue weighted by Crippen LogP contribution is 2.21. The summed E-state index contributed by atoms with van der Waals surface area (Å²) in [4.78, 5) is 20.5. The molecule has 1 aliphatic heterocycles. The van der Waals surface area contributed by atoms with E-state index < -0.39 is 0 Å². The van der Waals surface area contributed by atoms with Crippen LogP contribution in [-0.2, 0) is 11.2 Å². The number of likely N-dealkylation sites (tertiary alicyclic amines) is 1. The molecule has 2 N–H and O–H groups in total. The number of guanidine groups is 1. The van der Waals surface area contributed by atoms with Crippen LogP contribution in [-0.4, -0.2) is 49.5 Å². The normalized spacial score (nSPS) is 17.5. The molecule has 0 saturated carbocycles. The van der Waals surface area contributed by atoms with Gasteiger partial charge in [-0.3, -0.25) is 9.79 Å². The lowest BCUT2D eigenvalue weighted by Gasteiger charge is -2.18. The average Bonchev–Trinajstić information content (AvgIpc) is 3.39. The maximum absolute atomic E-state index is 12.4. The predicted molar refractivity (Wildman–Crippen MR) is 137 cm³/mol. The molecule has 1 fully saturated rings. The van der Waals surface area contributed by atoms with Gasteiger partial charge in [-0.1, -0.05) is 43.3 Å². The zero-order chi connectivity index (χ0) is 20.5. The third-order valence-electron chi connectivity index (χ3n) is 5.26. The van der Waals surface area contributed by atoms with Crippen molar-refractivity contribution in [1.82, 2.24) is 15.5 Å². The van der Waals surface area contributed by atoms with Gasteiger partial charge in [0.05, 0.1) is 6.54 Å². The number of thiophene rings is 1. The topological polar surface area (TPSA) is 56.7 Å². The fourth-order valence-electron chi connectivity index (χ4n) is 3.59. The molecule has 0 radical (unpaired) electrons. The highest BCUT2D eigenvalue weighted by atomic mass is 127. The van der Waals surface area contributed by atoms with Crippen molar-refractivity contribution in [2.24, 2.45) is 10.9 Å². The molecule has 2 atom stereocenters. The largest absolute Gasteiger partial charge is 0.357 e. The number of carbonyl (C=O) groups is 1. The van der Waals surface area contributed by atoms with Gasteiger partial charge in [0, 0.05) is 49.3 Å². The van der Waals surface area contributed by atoms with Crippen molar-refractivity contribution in [2.75, 3.05) is 32.7 Å². The Labute approximate surface area is 201 Å². The van der Waals surface area contributed by atoms with E-state index >= 15 is 0 Å². The number of nitrogens with one attached hydrogen (secondary N) is 2. The first-order valence-electron chi connectivity index (χ1n) is 10.5. The van der Waals surface area contributed by atoms with E-state index in [2.05, 4.69) is 66.3 Å². The monoisotopic (exact) mass is 540 g/mol. The molecule has 2 aromatic rings. The summed E-state index contributed by atoms with van der Waals surface area (Å²) >= 11 is 1.78. The second kappa shape index (κ2) is 12.9. The van der Waals surface area contributed by atoms with Crippen LogP contribution in [0.2, 0.25) is 0 Å². The molecule has 0 bridgehead atoms. The van der Waals surface area contributed by atoms with Crippen LogP contribution in [0.15, 0.2) is 52.8 Å². The molecule has 2 heterocycles. The van der Waals surface area contributed by atoms with Crippen molar-refractivity contribution in [3.8, 4) is 0 Å². The van der Waals surface area contributed by atoms with Gasteiger partial charge >= 0.3 is 0 Å². The van der Waals surface area contributed by atoms with Crippen molar-refractivity contribution in [3.05, 3.63) is 58.3 Å². The lowest BCUT2D eigenvalue weighted by atomic mass is 10.1. The number of hydrogen-bond donors (Lipinski definition) is 2. The lowest BCUT2D eigenvalue weighted by Crippen LogP contribution is -2.40. The Balaban J connectivity index is 0.00000320. The number of aliphatic imine (C=N–C) groups is 1. The summed E-state index contributed by atoms with van der Waals surface area (Å²) in [5.41, 5.74) is 1.28. The molecule has 5 nitrogen and oxygen atoms in total. The molecule has 1 aromatic carbocycles. The molecule has 1 aromatic heterocycles. The number of carbonyl (C=O) groups excluding carboxylic acids is 1. The van der Waals surface area contributed by atoms with E-state index in [1.807, 2.05) is 11.0 Å². The average molecular weight is 541 g/mol. The third-order valence-corrected chi connectivity index (χ3v) is 6.37. The molecule has 1 saturated heterocycles. The molecule has 2 unspecified atom stereocenters. The lowest BCUT2D eigenvalue weighted by molar-refractivity contribution is -0.127. The van der Waals surface area contributed by atoms with Crippen LogP contribution in [0.25, 0.3) is 0 Å². The molecule has 0 aliphatic carbocycles. The van der Waals surface area contributed by atoms with E-state index in [0.717, 1.165) is 45.1 Å². The van der Waals surface area contributed by atoms with Gasteiger partial charge < -0.3 is 15.5 Å². The van der Waals surface area contributed by atoms with Gasteiger partial charge in [0.15, 0.2) is 5.96 Å². The van der Waals surface area contributed by atoms with E-state index in [9.17, 15) is 4.79 Å². The Morgan fingerprint density at radius 1 is 1.23 bits per heavy atom. The second-order valence-electron chi connectivity index (χ2n) is 7.66. The van der Waals surface area contributed by atoms with Crippen LogP contribution in [0, 0.1) is 5.92 Å². The molecular weight excluding hydrogens is 507 g/mol. The van der Waals surface area contributed by atoms with Crippen LogP contribution < -0.4 is 10.6 Å². The number of benzene rings is 1. The summed E-state index contributed by atoms with van der Waals surface area (Å²) in [6.07, 6.45) is 1.53. The van der Waals surface area contributed by atoms with E-state index in [0.29, 0.717) is 18.3 Å². The zero-order valence-corrected chi connectivity index (χ0v) is 21.0. The number of hydrogen-bond acceptors (Lipinski definition) is 3. The molecular formula is C23H33IN4OS. The molecule has 1 aliphatic rings. The molecule has 30 heavy (non-hydrogen) atoms. The van der Waals surface area contributed by atoms with Crippen LogP contribution in [0.4, 0.5) is 0 Å². The van der Waals surface area contributed by atoms with Gasteiger partial charge in [0.2, 0.25) is 5.91 Å². The maximum atomic E-state index is 12.4. The van der Waals surface area contributed by atoms with E-state index in [1.165, 1.54) is 10.4 Å². The minimum Gasteiger partial charge on any atom is -0.357 e. The van der Waals surface area contributed by atoms with Crippen LogP contribution in [0.3, 0.4) is 0 Å². The first-order valence-corrected chi connectivity index (χ1v) is 11.4. The van der Waals surface area contributed by atoms with E-state index in [-0.39, 0.29) is 29.9 Å². The summed E-state index contributed by atoms with van der Waals surface area (Å²) in [7, 11) is 0. The van der Waals surface area contributed by atoms with E-state index in [4.69, 9.17) is 4.99 Å². The maximum Gasteiger partial charge on any atom is 0.223 e. The highest BCUT2D eigenvalue weighted by Gasteiger charge is 2.29. The van der Waals surface area contributed by atoms with Crippen molar-refractivity contribution in [1.29, 1.82) is 0 Å². The van der Waals surface area contributed by atoms with Crippen molar-refractivity contribution in [3.63, 3.8) is 0 Å². The summed E-state index contributed by atoms with van der Waals surface area (Å²) in [5.74, 6) is 1.84. The molecule has 0 spiro atoms. The molecule has 1 amide bonds. The summed E-state index contributed by atoms with van der Waals surface area (Å²) < 4.78 is 0. The van der Waals surface area contributed by atoms with E-state index in [1.54, 1.807) is 11.3 Å². The van der Waals surface area contributed by atoms with Crippen molar-refractivity contribution < 1.29 is 4.79 Å². The fraction of sp³-hybridized carbons (Fsp3) is 0.478. The minimum absolute atomic E-state index is 0. The number of halogens is 1. The van der Waals surface area contributed by atoms with Crippen molar-refractivity contribution >= 4 is 47.2 Å². The summed E-state index contributed by atoms with van der Waals surface area (Å²) in [6, 6.07) is 14.6. The Kier molecular flexibility index (Phi) is 10.6. The Hall–Kier alpha value is -1.61. The Morgan fingerprint density at radius 2 is 2.03 bits per heavy atom. The fourth-order valence-corrected chi connectivity index (χ4v) is 4.37. The number of nitrogens with zero attached hydrogens (tertiary/aromatic N) is 2. The number of amides is 1. The van der Waals surface area contributed by atoms with Gasteiger partial charge in [-0.2, -0.15) is 0 Å². The summed E-state index contributed by atoms with van der Waals surface area (Å²) in [5, 5.41) is 8.87. The Morgan fingerprint density at radius 3 is 2.73 bits per heavy atom. The summed E-state index contributed by atoms with van der Waals surface area (Å²) in [6.45, 7) is 8.25. The van der Waals surface area contributed by atoms with Gasteiger partial charge in [-0.05, 0) is 30.4 Å². The second-order valence-corrected chi connectivity index (χ2v) is 8.64. The Bertz CT molecular complexity index is 782. The smallest absolute Gasteiger partial charge is 0.223 e. The standard InChI is InChI=1S/C23H32N4OS.HI/c1-3-24-23(25-15-18(2)21-10-7-13-29-21)26-16-20-14-22(28)27(17-20)12-11-19-8-5-4-6-9-19;/h4-10,13,18,20H,3,11-12,14-17H2,1-2H3,(H2,24,25,26);1H. The number of rotatable bonds is 9. The SMILES string of the molecule is CCNC(=NCC(C)c1cccs1)NCC1CC(=O)N(CCc2ccccc2)C1.I. The van der Waals surface area contributed by atoms with Crippen LogP contribution in [0.5, 0.6) is 0 Å². The predicted octanol–water partition coefficient (Wildman–Crippen LogP) is 4.12. The molecule has 7 heteroatoms. The third kappa shape index (κ3) is 7.58. The molecule has 164 valence electrons. The van der Waals surface area contributed by atoms with Gasteiger partial charge in [-0.25, -0.2) is 0 Å². The quantitative estimate of drug-likeness (QED) is 0.286. The molecule has 3 rings (SSSR count). The van der Waals surface area contributed by atoms with Gasteiger partial charge in [0.1, 0.15) is 0 Å². The van der Waals surface area contributed by atoms with Gasteiger partial charge in [-0.15, -0.1) is 35.3 Å². The first-order chi connectivity index (χ1) is 14.2. The highest BCUT2D eigenvalue weighted by molar-refractivity contribution is 14.0. The van der Waals surface area contributed by atoms with Crippen LogP contribution in [0.1, 0.15) is 36.6 Å². The zero-order valence-electron chi connectivity index (χ0n) is 17.8. The van der Waals surface area contributed by atoms with Gasteiger partial charge in [0.25, 0.3) is 0 Å². The van der Waals surface area contributed by atoms with Crippen LogP contribution >= 0.6 is 35.3 Å². The van der Waals surface area contributed by atoms with Crippen molar-refractivity contribution in [2.45, 2.75) is 32.6 Å².